The van der Waals surface area contributed by atoms with Gasteiger partial charge in [-0.2, -0.15) is 0 Å². The largest absolute Gasteiger partial charge is 0.505 e. The number of aromatic nitrogens is 2. The minimum absolute atomic E-state index is 0.0401. The number of phenols is 1. The predicted molar refractivity (Wildman–Crippen MR) is 94.3 cm³/mol. The van der Waals surface area contributed by atoms with Crippen molar-refractivity contribution in [1.82, 2.24) is 9.97 Å². The molecule has 26 heavy (non-hydrogen) atoms. The van der Waals surface area contributed by atoms with Gasteiger partial charge in [0.15, 0.2) is 17.4 Å². The summed E-state index contributed by atoms with van der Waals surface area (Å²) in [6, 6.07) is 11.9. The van der Waals surface area contributed by atoms with E-state index in [2.05, 4.69) is 15.3 Å². The Morgan fingerprint density at radius 2 is 2.00 bits per heavy atom. The number of aromatic hydroxyl groups is 1. The molecule has 0 saturated carbocycles. The third kappa shape index (κ3) is 3.92. The molecule has 1 heterocycles. The molecule has 2 aromatic carbocycles. The van der Waals surface area contributed by atoms with Gasteiger partial charge in [-0.05, 0) is 24.6 Å². The summed E-state index contributed by atoms with van der Waals surface area (Å²) in [5, 5.41) is 23.2. The van der Waals surface area contributed by atoms with Gasteiger partial charge in [0.25, 0.3) is 5.69 Å². The molecule has 0 radical (unpaired) electrons. The van der Waals surface area contributed by atoms with Crippen LogP contribution in [0.25, 0.3) is 11.4 Å². The first-order valence-corrected chi connectivity index (χ1v) is 7.74. The van der Waals surface area contributed by atoms with Crippen LogP contribution < -0.4 is 5.32 Å². The zero-order valence-electron chi connectivity index (χ0n) is 13.8. The Morgan fingerprint density at radius 3 is 2.73 bits per heavy atom. The number of nitrogens with zero attached hydrogens (tertiary/aromatic N) is 3. The Bertz CT molecular complexity index is 978. The Morgan fingerprint density at radius 1 is 1.19 bits per heavy atom. The van der Waals surface area contributed by atoms with Gasteiger partial charge in [0, 0.05) is 36.0 Å². The molecule has 0 spiro atoms. The van der Waals surface area contributed by atoms with E-state index in [1.807, 2.05) is 0 Å². The lowest BCUT2D eigenvalue weighted by molar-refractivity contribution is -0.384. The summed E-state index contributed by atoms with van der Waals surface area (Å²) in [5.74, 6) is -0.236. The smallest absolute Gasteiger partial charge is 0.270 e. The predicted octanol–water partition coefficient (Wildman–Crippen LogP) is 3.82. The summed E-state index contributed by atoms with van der Waals surface area (Å²) >= 11 is 0. The first-order valence-electron chi connectivity index (χ1n) is 7.74. The van der Waals surface area contributed by atoms with Crippen LogP contribution in [0.15, 0.2) is 48.5 Å². The van der Waals surface area contributed by atoms with Crippen molar-refractivity contribution in [2.45, 2.75) is 13.5 Å². The summed E-state index contributed by atoms with van der Waals surface area (Å²) < 4.78 is 13.4. The summed E-state index contributed by atoms with van der Waals surface area (Å²) in [5.41, 5.74) is 1.80. The zero-order chi connectivity index (χ0) is 18.7. The lowest BCUT2D eigenvalue weighted by atomic mass is 10.2. The van der Waals surface area contributed by atoms with E-state index < -0.39 is 16.5 Å². The first-order chi connectivity index (χ1) is 12.4. The highest BCUT2D eigenvalue weighted by atomic mass is 19.1. The van der Waals surface area contributed by atoms with Gasteiger partial charge in [0.2, 0.25) is 0 Å². The van der Waals surface area contributed by atoms with Gasteiger partial charge in [-0.1, -0.05) is 18.2 Å². The molecule has 3 aromatic rings. The van der Waals surface area contributed by atoms with Gasteiger partial charge in [-0.15, -0.1) is 0 Å². The maximum atomic E-state index is 13.4. The normalized spacial score (nSPS) is 10.5. The number of hydrogen-bond donors (Lipinski definition) is 2. The molecular formula is C18H15FN4O3. The lowest BCUT2D eigenvalue weighted by Crippen LogP contribution is -2.04. The molecular weight excluding hydrogens is 339 g/mol. The molecule has 8 heteroatoms. The third-order valence-electron chi connectivity index (χ3n) is 3.66. The molecule has 0 fully saturated rings. The standard InChI is InChI=1S/C18H15FN4O3/c1-11-7-17(20-10-12-5-6-16(24)15(19)8-12)22-18(21-11)13-3-2-4-14(9-13)23(25)26/h2-9,24H,10H2,1H3,(H,20,21,22). The van der Waals surface area contributed by atoms with E-state index in [0.29, 0.717) is 35.0 Å². The Labute approximate surface area is 148 Å². The molecule has 0 atom stereocenters. The average Bonchev–Trinajstić information content (AvgIpc) is 2.62. The molecule has 0 aliphatic carbocycles. The van der Waals surface area contributed by atoms with Crippen LogP contribution in [0, 0.1) is 22.9 Å². The molecule has 0 amide bonds. The Kier molecular flexibility index (Phi) is 4.74. The number of anilines is 1. The molecule has 1 aromatic heterocycles. The second kappa shape index (κ2) is 7.14. The number of benzene rings is 2. The van der Waals surface area contributed by atoms with Crippen molar-refractivity contribution in [3.8, 4) is 17.1 Å². The minimum atomic E-state index is -0.694. The number of phenolic OH excluding ortho intramolecular Hbond substituents is 1. The number of non-ortho nitro benzene ring substituents is 1. The highest BCUT2D eigenvalue weighted by molar-refractivity contribution is 5.61. The molecule has 3 rings (SSSR count). The highest BCUT2D eigenvalue weighted by Crippen LogP contribution is 2.23. The maximum Gasteiger partial charge on any atom is 0.270 e. The van der Waals surface area contributed by atoms with Crippen molar-refractivity contribution >= 4 is 11.5 Å². The number of hydrogen-bond acceptors (Lipinski definition) is 6. The van der Waals surface area contributed by atoms with Gasteiger partial charge in [-0.3, -0.25) is 10.1 Å². The van der Waals surface area contributed by atoms with Crippen molar-refractivity contribution in [3.63, 3.8) is 0 Å². The molecule has 0 bridgehead atoms. The lowest BCUT2D eigenvalue weighted by Gasteiger charge is -2.09. The fourth-order valence-corrected chi connectivity index (χ4v) is 2.40. The minimum Gasteiger partial charge on any atom is -0.505 e. The van der Waals surface area contributed by atoms with Gasteiger partial charge >= 0.3 is 0 Å². The summed E-state index contributed by atoms with van der Waals surface area (Å²) in [7, 11) is 0. The van der Waals surface area contributed by atoms with E-state index >= 15 is 0 Å². The van der Waals surface area contributed by atoms with Crippen molar-refractivity contribution in [2.24, 2.45) is 0 Å². The fourth-order valence-electron chi connectivity index (χ4n) is 2.40. The number of nitro groups is 1. The van der Waals surface area contributed by atoms with Gasteiger partial charge < -0.3 is 10.4 Å². The van der Waals surface area contributed by atoms with E-state index in [1.54, 1.807) is 31.2 Å². The summed E-state index contributed by atoms with van der Waals surface area (Å²) in [4.78, 5) is 19.1. The van der Waals surface area contributed by atoms with Crippen molar-refractivity contribution in [3.05, 3.63) is 75.7 Å². The summed E-state index contributed by atoms with van der Waals surface area (Å²) in [6.45, 7) is 2.08. The molecule has 0 aliphatic rings. The molecule has 0 unspecified atom stereocenters. The van der Waals surface area contributed by atoms with Crippen molar-refractivity contribution in [2.75, 3.05) is 5.32 Å². The average molecular weight is 354 g/mol. The number of aryl methyl sites for hydroxylation is 1. The Hall–Kier alpha value is -3.55. The zero-order valence-corrected chi connectivity index (χ0v) is 13.8. The quantitative estimate of drug-likeness (QED) is 0.533. The molecule has 132 valence electrons. The second-order valence-electron chi connectivity index (χ2n) is 5.66. The van der Waals surface area contributed by atoms with Crippen LogP contribution >= 0.6 is 0 Å². The van der Waals surface area contributed by atoms with E-state index in [9.17, 15) is 19.6 Å². The second-order valence-corrected chi connectivity index (χ2v) is 5.66. The fraction of sp³-hybridized carbons (Fsp3) is 0.111. The van der Waals surface area contributed by atoms with Crippen molar-refractivity contribution < 1.29 is 14.4 Å². The SMILES string of the molecule is Cc1cc(NCc2ccc(O)c(F)c2)nc(-c2cccc([N+](=O)[O-])c2)n1. The maximum absolute atomic E-state index is 13.4. The van der Waals surface area contributed by atoms with Crippen LogP contribution in [0.3, 0.4) is 0 Å². The van der Waals surface area contributed by atoms with E-state index in [-0.39, 0.29) is 5.69 Å². The summed E-state index contributed by atoms with van der Waals surface area (Å²) in [6.07, 6.45) is 0. The van der Waals surface area contributed by atoms with E-state index in [0.717, 1.165) is 0 Å². The van der Waals surface area contributed by atoms with Crippen LogP contribution in [-0.2, 0) is 6.54 Å². The topological polar surface area (TPSA) is 101 Å². The van der Waals surface area contributed by atoms with Crippen LogP contribution in [0.4, 0.5) is 15.9 Å². The monoisotopic (exact) mass is 354 g/mol. The molecule has 7 nitrogen and oxygen atoms in total. The highest BCUT2D eigenvalue weighted by Gasteiger charge is 2.11. The van der Waals surface area contributed by atoms with Gasteiger partial charge in [0.1, 0.15) is 5.82 Å². The number of halogens is 1. The van der Waals surface area contributed by atoms with Crippen molar-refractivity contribution in [1.29, 1.82) is 0 Å². The van der Waals surface area contributed by atoms with Gasteiger partial charge in [-0.25, -0.2) is 14.4 Å². The first kappa shape index (κ1) is 17.3. The molecule has 0 saturated heterocycles. The van der Waals surface area contributed by atoms with Crippen LogP contribution in [0.2, 0.25) is 0 Å². The number of rotatable bonds is 5. The van der Waals surface area contributed by atoms with E-state index in [1.165, 1.54) is 24.3 Å². The van der Waals surface area contributed by atoms with E-state index in [4.69, 9.17) is 0 Å². The van der Waals surface area contributed by atoms with Gasteiger partial charge in [0.05, 0.1) is 4.92 Å². The van der Waals surface area contributed by atoms with Crippen LogP contribution in [0.1, 0.15) is 11.3 Å². The Balaban J connectivity index is 1.84. The van der Waals surface area contributed by atoms with Crippen LogP contribution in [0.5, 0.6) is 5.75 Å². The third-order valence-corrected chi connectivity index (χ3v) is 3.66. The molecule has 2 N–H and O–H groups in total. The van der Waals surface area contributed by atoms with Crippen LogP contribution in [-0.4, -0.2) is 20.0 Å². The number of nitrogens with one attached hydrogen (secondary N) is 1. The number of nitro benzene ring substituents is 1. The molecule has 0 aliphatic heterocycles.